The van der Waals surface area contributed by atoms with Gasteiger partial charge in [-0.1, -0.05) is 20.8 Å². The first-order chi connectivity index (χ1) is 8.69. The normalized spacial score (nSPS) is 19.3. The Morgan fingerprint density at radius 1 is 1.22 bits per heavy atom. The highest BCUT2D eigenvalue weighted by Gasteiger charge is 2.24. The Labute approximate surface area is 112 Å². The van der Waals surface area contributed by atoms with E-state index in [9.17, 15) is 0 Å². The summed E-state index contributed by atoms with van der Waals surface area (Å²) in [5.74, 6) is 1.61. The van der Waals surface area contributed by atoms with Gasteiger partial charge in [-0.25, -0.2) is 0 Å². The molecule has 1 saturated heterocycles. The van der Waals surface area contributed by atoms with E-state index in [0.717, 1.165) is 25.5 Å². The first-order valence-corrected chi connectivity index (χ1v) is 7.37. The second-order valence-corrected chi connectivity index (χ2v) is 5.43. The van der Waals surface area contributed by atoms with Crippen LogP contribution in [0, 0.1) is 5.92 Å². The van der Waals surface area contributed by atoms with E-state index < -0.39 is 0 Å². The average molecular weight is 254 g/mol. The van der Waals surface area contributed by atoms with Gasteiger partial charge in [-0.05, 0) is 38.3 Å². The Morgan fingerprint density at radius 3 is 2.39 bits per heavy atom. The van der Waals surface area contributed by atoms with Crippen LogP contribution in [0.2, 0.25) is 0 Å². The van der Waals surface area contributed by atoms with Crippen LogP contribution in [0.5, 0.6) is 0 Å². The van der Waals surface area contributed by atoms with E-state index >= 15 is 0 Å². The van der Waals surface area contributed by atoms with E-state index in [-0.39, 0.29) is 0 Å². The Balaban J connectivity index is 2.40. The molecule has 1 rings (SSSR count). The standard InChI is InChI=1S/C14H30N4/c1-5-8-16-14(15-4)17-11-13(12(2)3)18-9-6-7-10-18/h12-13H,5-11H2,1-4H3,(H2,15,16,17). The van der Waals surface area contributed by atoms with E-state index in [2.05, 4.69) is 41.3 Å². The predicted octanol–water partition coefficient (Wildman–Crippen LogP) is 1.68. The van der Waals surface area contributed by atoms with Crippen molar-refractivity contribution < 1.29 is 0 Å². The zero-order chi connectivity index (χ0) is 13.4. The Kier molecular flexibility index (Phi) is 7.09. The fourth-order valence-corrected chi connectivity index (χ4v) is 2.52. The lowest BCUT2D eigenvalue weighted by Gasteiger charge is -2.31. The molecular formula is C14H30N4. The summed E-state index contributed by atoms with van der Waals surface area (Å²) in [4.78, 5) is 6.88. The Bertz CT molecular complexity index is 244. The van der Waals surface area contributed by atoms with Crippen molar-refractivity contribution in [2.75, 3.05) is 33.2 Å². The van der Waals surface area contributed by atoms with Gasteiger partial charge in [0, 0.05) is 26.2 Å². The van der Waals surface area contributed by atoms with Crippen molar-refractivity contribution in [2.24, 2.45) is 10.9 Å². The highest BCUT2D eigenvalue weighted by Crippen LogP contribution is 2.16. The molecule has 1 atom stereocenters. The Morgan fingerprint density at radius 2 is 1.89 bits per heavy atom. The number of hydrogen-bond donors (Lipinski definition) is 2. The van der Waals surface area contributed by atoms with Gasteiger partial charge in [0.15, 0.2) is 5.96 Å². The zero-order valence-electron chi connectivity index (χ0n) is 12.5. The maximum atomic E-state index is 4.26. The van der Waals surface area contributed by atoms with Crippen LogP contribution in [0.4, 0.5) is 0 Å². The largest absolute Gasteiger partial charge is 0.356 e. The Hall–Kier alpha value is -0.770. The first-order valence-electron chi connectivity index (χ1n) is 7.37. The predicted molar refractivity (Wildman–Crippen MR) is 79.1 cm³/mol. The molecule has 0 spiro atoms. The van der Waals surface area contributed by atoms with Gasteiger partial charge in [-0.15, -0.1) is 0 Å². The molecule has 1 unspecified atom stereocenters. The van der Waals surface area contributed by atoms with Gasteiger partial charge >= 0.3 is 0 Å². The summed E-state index contributed by atoms with van der Waals surface area (Å²) in [5.41, 5.74) is 0. The molecule has 1 fully saturated rings. The summed E-state index contributed by atoms with van der Waals surface area (Å²) in [6.07, 6.45) is 3.83. The number of rotatable bonds is 6. The number of nitrogens with one attached hydrogen (secondary N) is 2. The number of aliphatic imine (C=N–C) groups is 1. The minimum atomic E-state index is 0.618. The molecule has 0 amide bonds. The van der Waals surface area contributed by atoms with Crippen LogP contribution in [0.3, 0.4) is 0 Å². The molecule has 1 aliphatic heterocycles. The molecule has 0 radical (unpaired) electrons. The average Bonchev–Trinajstić information content (AvgIpc) is 2.86. The van der Waals surface area contributed by atoms with Gasteiger partial charge in [0.25, 0.3) is 0 Å². The molecule has 2 N–H and O–H groups in total. The van der Waals surface area contributed by atoms with Crippen molar-refractivity contribution in [2.45, 2.75) is 46.1 Å². The lowest BCUT2D eigenvalue weighted by atomic mass is 10.0. The van der Waals surface area contributed by atoms with Gasteiger partial charge in [-0.3, -0.25) is 9.89 Å². The third-order valence-electron chi connectivity index (χ3n) is 3.62. The number of hydrogen-bond acceptors (Lipinski definition) is 2. The SMILES string of the molecule is CCCNC(=NC)NCC(C(C)C)N1CCCC1. The quantitative estimate of drug-likeness (QED) is 0.560. The zero-order valence-corrected chi connectivity index (χ0v) is 12.5. The minimum absolute atomic E-state index is 0.618. The topological polar surface area (TPSA) is 39.7 Å². The van der Waals surface area contributed by atoms with Crippen LogP contribution >= 0.6 is 0 Å². The smallest absolute Gasteiger partial charge is 0.191 e. The van der Waals surface area contributed by atoms with Crippen LogP contribution in [0.15, 0.2) is 4.99 Å². The second kappa shape index (κ2) is 8.35. The molecule has 0 aliphatic carbocycles. The third-order valence-corrected chi connectivity index (χ3v) is 3.62. The molecule has 1 heterocycles. The van der Waals surface area contributed by atoms with Gasteiger partial charge in [0.05, 0.1) is 0 Å². The van der Waals surface area contributed by atoms with Crippen LogP contribution < -0.4 is 10.6 Å². The molecule has 1 aliphatic rings. The maximum absolute atomic E-state index is 4.26. The van der Waals surface area contributed by atoms with E-state index in [1.807, 2.05) is 7.05 Å². The maximum Gasteiger partial charge on any atom is 0.191 e. The van der Waals surface area contributed by atoms with Crippen molar-refractivity contribution in [1.82, 2.24) is 15.5 Å². The fourth-order valence-electron chi connectivity index (χ4n) is 2.52. The van der Waals surface area contributed by atoms with E-state index in [1.165, 1.54) is 25.9 Å². The molecule has 0 aromatic heterocycles. The van der Waals surface area contributed by atoms with Crippen LogP contribution in [0.1, 0.15) is 40.0 Å². The van der Waals surface area contributed by atoms with E-state index in [0.29, 0.717) is 12.0 Å². The summed E-state index contributed by atoms with van der Waals surface area (Å²) >= 11 is 0. The monoisotopic (exact) mass is 254 g/mol. The molecule has 4 heteroatoms. The third kappa shape index (κ3) is 4.84. The molecule has 0 aromatic carbocycles. The van der Waals surface area contributed by atoms with E-state index in [1.54, 1.807) is 0 Å². The van der Waals surface area contributed by atoms with Gasteiger partial charge in [0.2, 0.25) is 0 Å². The van der Waals surface area contributed by atoms with Crippen LogP contribution in [-0.2, 0) is 0 Å². The highest BCUT2D eigenvalue weighted by atomic mass is 15.2. The molecular weight excluding hydrogens is 224 g/mol. The lowest BCUT2D eigenvalue weighted by Crippen LogP contribution is -2.48. The number of guanidine groups is 1. The van der Waals surface area contributed by atoms with E-state index in [4.69, 9.17) is 0 Å². The minimum Gasteiger partial charge on any atom is -0.356 e. The summed E-state index contributed by atoms with van der Waals surface area (Å²) in [6.45, 7) is 11.3. The van der Waals surface area contributed by atoms with Crippen molar-refractivity contribution in [3.63, 3.8) is 0 Å². The van der Waals surface area contributed by atoms with Crippen molar-refractivity contribution in [3.05, 3.63) is 0 Å². The van der Waals surface area contributed by atoms with Gasteiger partial charge < -0.3 is 10.6 Å². The lowest BCUT2D eigenvalue weighted by molar-refractivity contribution is 0.192. The second-order valence-electron chi connectivity index (χ2n) is 5.43. The highest BCUT2D eigenvalue weighted by molar-refractivity contribution is 5.79. The summed E-state index contributed by atoms with van der Waals surface area (Å²) in [6, 6.07) is 0.618. The molecule has 0 aromatic rings. The molecule has 106 valence electrons. The summed E-state index contributed by atoms with van der Waals surface area (Å²) in [5, 5.41) is 6.78. The van der Waals surface area contributed by atoms with Crippen molar-refractivity contribution in [3.8, 4) is 0 Å². The van der Waals surface area contributed by atoms with Gasteiger partial charge in [-0.2, -0.15) is 0 Å². The molecule has 0 saturated carbocycles. The van der Waals surface area contributed by atoms with Crippen LogP contribution in [0.25, 0.3) is 0 Å². The molecule has 18 heavy (non-hydrogen) atoms. The van der Waals surface area contributed by atoms with Gasteiger partial charge in [0.1, 0.15) is 0 Å². The number of nitrogens with zero attached hydrogens (tertiary/aromatic N) is 2. The van der Waals surface area contributed by atoms with Crippen LogP contribution in [-0.4, -0.2) is 50.1 Å². The molecule has 4 nitrogen and oxygen atoms in total. The number of likely N-dealkylation sites (tertiary alicyclic amines) is 1. The van der Waals surface area contributed by atoms with Crippen molar-refractivity contribution >= 4 is 5.96 Å². The molecule has 0 bridgehead atoms. The first kappa shape index (κ1) is 15.3. The summed E-state index contributed by atoms with van der Waals surface area (Å²) in [7, 11) is 1.84. The van der Waals surface area contributed by atoms with Crippen molar-refractivity contribution in [1.29, 1.82) is 0 Å². The summed E-state index contributed by atoms with van der Waals surface area (Å²) < 4.78 is 0. The fraction of sp³-hybridized carbons (Fsp3) is 0.929.